The molecular weight excluding hydrogens is 652 g/mol. The van der Waals surface area contributed by atoms with Crippen LogP contribution in [0.5, 0.6) is 11.5 Å². The number of halogens is 1. The van der Waals surface area contributed by atoms with Crippen LogP contribution in [0, 0.1) is 11.8 Å². The zero-order chi connectivity index (χ0) is 34.8. The second-order valence-corrected chi connectivity index (χ2v) is 14.3. The molecule has 0 radical (unpaired) electrons. The average molecular weight is 697 g/mol. The molecule has 0 unspecified atom stereocenters. The summed E-state index contributed by atoms with van der Waals surface area (Å²) in [5.41, 5.74) is 4.13. The number of nitrogens with zero attached hydrogens (tertiary/aromatic N) is 2. The molecule has 0 aliphatic carbocycles. The number of carbonyl (C=O) groups is 3. The van der Waals surface area contributed by atoms with Gasteiger partial charge in [0.15, 0.2) is 11.5 Å². The van der Waals surface area contributed by atoms with Gasteiger partial charge < -0.3 is 29.6 Å². The Kier molecular flexibility index (Phi) is 9.78. The van der Waals surface area contributed by atoms with Crippen LogP contribution < -0.4 is 14.8 Å². The molecule has 1 aromatic heterocycles. The highest BCUT2D eigenvalue weighted by Crippen LogP contribution is 2.53. The van der Waals surface area contributed by atoms with Crippen molar-refractivity contribution in [1.82, 2.24) is 20.1 Å². The predicted octanol–water partition coefficient (Wildman–Crippen LogP) is 6.41. The van der Waals surface area contributed by atoms with Gasteiger partial charge in [0.25, 0.3) is 0 Å². The summed E-state index contributed by atoms with van der Waals surface area (Å²) in [4.78, 5) is 50.8. The van der Waals surface area contributed by atoms with Gasteiger partial charge >= 0.3 is 0 Å². The number of aryl methyl sites for hydroxylation is 1. The SMILES string of the molecule is COc1ccc(CNC(=O)C[C@H]2C[C@H](C(=O)N3CCCCC3)[C@@]3(CCc4ccccc4)c4[nH]c5ccc(Cl)cc5c4CCN3C2=O)cc1OC. The molecule has 7 rings (SSSR count). The van der Waals surface area contributed by atoms with E-state index in [4.69, 9.17) is 21.1 Å². The number of nitrogens with one attached hydrogen (secondary N) is 2. The minimum Gasteiger partial charge on any atom is -0.493 e. The highest BCUT2D eigenvalue weighted by Gasteiger charge is 2.59. The molecule has 0 saturated carbocycles. The van der Waals surface area contributed by atoms with Crippen molar-refractivity contribution in [2.24, 2.45) is 11.8 Å². The van der Waals surface area contributed by atoms with Gasteiger partial charge in [-0.25, -0.2) is 0 Å². The summed E-state index contributed by atoms with van der Waals surface area (Å²) in [6.07, 6.45) is 5.27. The molecule has 10 heteroatoms. The van der Waals surface area contributed by atoms with Gasteiger partial charge in [0.1, 0.15) is 0 Å². The van der Waals surface area contributed by atoms with Crippen molar-refractivity contribution >= 4 is 40.2 Å². The van der Waals surface area contributed by atoms with Gasteiger partial charge in [0.2, 0.25) is 17.7 Å². The number of aromatic amines is 1. The van der Waals surface area contributed by atoms with E-state index >= 15 is 0 Å². The minimum absolute atomic E-state index is 0.0103. The first-order chi connectivity index (χ1) is 24.3. The number of aromatic nitrogens is 1. The van der Waals surface area contributed by atoms with Gasteiger partial charge in [0, 0.05) is 60.1 Å². The molecule has 50 heavy (non-hydrogen) atoms. The van der Waals surface area contributed by atoms with Gasteiger partial charge in [0.05, 0.1) is 25.7 Å². The first-order valence-corrected chi connectivity index (χ1v) is 18.1. The number of amides is 3. The van der Waals surface area contributed by atoms with E-state index in [9.17, 15) is 14.4 Å². The van der Waals surface area contributed by atoms with E-state index in [1.807, 2.05) is 58.3 Å². The molecule has 0 bridgehead atoms. The molecule has 2 saturated heterocycles. The molecule has 4 heterocycles. The maximum Gasteiger partial charge on any atom is 0.228 e. The number of likely N-dealkylation sites (tertiary alicyclic amines) is 1. The summed E-state index contributed by atoms with van der Waals surface area (Å²) in [6, 6.07) is 21.6. The fourth-order valence-corrected chi connectivity index (χ4v) is 8.76. The fourth-order valence-electron chi connectivity index (χ4n) is 8.59. The Morgan fingerprint density at radius 2 is 1.72 bits per heavy atom. The lowest BCUT2D eigenvalue weighted by Gasteiger charge is -2.56. The van der Waals surface area contributed by atoms with E-state index in [2.05, 4.69) is 22.4 Å². The smallest absolute Gasteiger partial charge is 0.228 e. The standard InChI is InChI=1S/C40H45ClN4O5/c1-49-34-14-11-27(21-35(34)50-2)25-42-36(46)23-28-22-32(39(48)44-18-7-4-8-19-44)40(17-15-26-9-5-3-6-10-26)37-30(16-20-45(40)38(28)47)31-24-29(41)12-13-33(31)43-37/h3,5-6,9-14,21,24,28,32,43H,4,7-8,15-20,22-23,25H2,1-2H3,(H,42,46)/t28-,32-,40+/m1/s1. The van der Waals surface area contributed by atoms with Gasteiger partial charge in [-0.05, 0) is 92.0 Å². The molecule has 9 nitrogen and oxygen atoms in total. The van der Waals surface area contributed by atoms with Crippen molar-refractivity contribution in [1.29, 1.82) is 0 Å². The zero-order valence-electron chi connectivity index (χ0n) is 28.8. The second-order valence-electron chi connectivity index (χ2n) is 13.9. The number of methoxy groups -OCH3 is 2. The monoisotopic (exact) mass is 696 g/mol. The Bertz CT molecular complexity index is 1890. The lowest BCUT2D eigenvalue weighted by molar-refractivity contribution is -0.167. The van der Waals surface area contributed by atoms with Crippen LogP contribution in [0.15, 0.2) is 66.7 Å². The quantitative estimate of drug-likeness (QED) is 0.200. The van der Waals surface area contributed by atoms with Crippen molar-refractivity contribution in [3.8, 4) is 11.5 Å². The van der Waals surface area contributed by atoms with Gasteiger partial charge in [-0.2, -0.15) is 0 Å². The minimum atomic E-state index is -0.896. The summed E-state index contributed by atoms with van der Waals surface area (Å²) >= 11 is 6.51. The number of H-pyrrole nitrogens is 1. The van der Waals surface area contributed by atoms with E-state index < -0.39 is 17.4 Å². The molecule has 3 aliphatic heterocycles. The summed E-state index contributed by atoms with van der Waals surface area (Å²) in [6.45, 7) is 2.17. The third-order valence-electron chi connectivity index (χ3n) is 11.1. The molecule has 3 atom stereocenters. The highest BCUT2D eigenvalue weighted by molar-refractivity contribution is 6.31. The lowest BCUT2D eigenvalue weighted by atomic mass is 9.64. The number of ether oxygens (including phenoxy) is 2. The highest BCUT2D eigenvalue weighted by atomic mass is 35.5. The number of hydrogen-bond donors (Lipinski definition) is 2. The third kappa shape index (κ3) is 6.32. The number of piperidine rings is 2. The Morgan fingerprint density at radius 1 is 0.940 bits per heavy atom. The maximum atomic E-state index is 14.9. The fraction of sp³-hybridized carbons (Fsp3) is 0.425. The van der Waals surface area contributed by atoms with Crippen LogP contribution >= 0.6 is 11.6 Å². The molecule has 4 aromatic rings. The first kappa shape index (κ1) is 34.0. The van der Waals surface area contributed by atoms with Crippen LogP contribution in [0.3, 0.4) is 0 Å². The summed E-state index contributed by atoms with van der Waals surface area (Å²) < 4.78 is 10.8. The predicted molar refractivity (Wildman–Crippen MR) is 193 cm³/mol. The van der Waals surface area contributed by atoms with E-state index in [-0.39, 0.29) is 30.7 Å². The molecule has 262 valence electrons. The molecule has 3 aromatic carbocycles. The number of rotatable bonds is 10. The van der Waals surface area contributed by atoms with Crippen molar-refractivity contribution in [3.05, 3.63) is 94.1 Å². The summed E-state index contributed by atoms with van der Waals surface area (Å²) in [5.74, 6) is -0.163. The maximum absolute atomic E-state index is 14.9. The molecule has 2 fully saturated rings. The van der Waals surface area contributed by atoms with Crippen molar-refractivity contribution in [2.75, 3.05) is 33.9 Å². The van der Waals surface area contributed by atoms with Gasteiger partial charge in [-0.1, -0.05) is 48.0 Å². The van der Waals surface area contributed by atoms with Crippen LogP contribution in [-0.2, 0) is 39.3 Å². The number of hydrogen-bond acceptors (Lipinski definition) is 5. The van der Waals surface area contributed by atoms with Crippen LogP contribution in [0.2, 0.25) is 5.02 Å². The Balaban J connectivity index is 1.24. The number of fused-ring (bicyclic) bond motifs is 5. The largest absolute Gasteiger partial charge is 0.493 e. The van der Waals surface area contributed by atoms with Crippen LogP contribution in [0.25, 0.3) is 10.9 Å². The molecule has 3 amide bonds. The average Bonchev–Trinajstić information content (AvgIpc) is 3.53. The molecule has 3 aliphatic rings. The van der Waals surface area contributed by atoms with Gasteiger partial charge in [-0.3, -0.25) is 14.4 Å². The van der Waals surface area contributed by atoms with E-state index in [1.165, 1.54) is 0 Å². The number of carbonyl (C=O) groups excluding carboxylic acids is 3. The first-order valence-electron chi connectivity index (χ1n) is 17.7. The Morgan fingerprint density at radius 3 is 2.48 bits per heavy atom. The van der Waals surface area contributed by atoms with Crippen molar-refractivity contribution in [3.63, 3.8) is 0 Å². The van der Waals surface area contributed by atoms with Crippen LogP contribution in [-0.4, -0.2) is 66.4 Å². The van der Waals surface area contributed by atoms with E-state index in [0.717, 1.165) is 52.5 Å². The Hall–Kier alpha value is -4.50. The van der Waals surface area contributed by atoms with Crippen molar-refractivity contribution < 1.29 is 23.9 Å². The second kappa shape index (κ2) is 14.4. The summed E-state index contributed by atoms with van der Waals surface area (Å²) in [5, 5.41) is 4.70. The molecular formula is C40H45ClN4O5. The molecule has 0 spiro atoms. The third-order valence-corrected chi connectivity index (χ3v) is 11.3. The van der Waals surface area contributed by atoms with E-state index in [1.54, 1.807) is 20.3 Å². The molecule has 2 N–H and O–H groups in total. The van der Waals surface area contributed by atoms with Gasteiger partial charge in [-0.15, -0.1) is 0 Å². The number of benzene rings is 3. The zero-order valence-corrected chi connectivity index (χ0v) is 29.6. The van der Waals surface area contributed by atoms with Crippen LogP contribution in [0.4, 0.5) is 0 Å². The normalized spacial score (nSPS) is 21.8. The topological polar surface area (TPSA) is 104 Å². The van der Waals surface area contributed by atoms with E-state index in [0.29, 0.717) is 61.8 Å². The van der Waals surface area contributed by atoms with Crippen LogP contribution in [0.1, 0.15) is 60.9 Å². The lowest BCUT2D eigenvalue weighted by Crippen LogP contribution is -2.66. The Labute approximate surface area is 298 Å². The summed E-state index contributed by atoms with van der Waals surface area (Å²) in [7, 11) is 3.15. The van der Waals surface area contributed by atoms with Crippen molar-refractivity contribution in [2.45, 2.75) is 63.5 Å².